The maximum absolute atomic E-state index is 11.3. The Kier molecular flexibility index (Phi) is 10.3. The monoisotopic (exact) mass is 251 g/mol. The summed E-state index contributed by atoms with van der Waals surface area (Å²) in [6.45, 7) is 6.01. The Morgan fingerprint density at radius 1 is 1.25 bits per heavy atom. The van der Waals surface area contributed by atoms with E-state index in [1.54, 1.807) is 0 Å². The molecule has 0 aliphatic rings. The zero-order chi connectivity index (χ0) is 11.8. The molecule has 2 unspecified atom stereocenters. The van der Waals surface area contributed by atoms with Gasteiger partial charge in [0, 0.05) is 6.04 Å². The predicted octanol–water partition coefficient (Wildman–Crippen LogP) is 0.0339. The molecule has 5 nitrogen and oxygen atoms in total. The SMILES string of the molecule is CCC(C)C(C)NC(=O)CNC(=O)CN.Cl. The largest absolute Gasteiger partial charge is 0.352 e. The van der Waals surface area contributed by atoms with Gasteiger partial charge in [-0.15, -0.1) is 12.4 Å². The van der Waals surface area contributed by atoms with Gasteiger partial charge in [0.15, 0.2) is 0 Å². The number of carbonyl (C=O) groups excluding carboxylic acids is 2. The maximum Gasteiger partial charge on any atom is 0.239 e. The van der Waals surface area contributed by atoms with Gasteiger partial charge in [-0.1, -0.05) is 20.3 Å². The van der Waals surface area contributed by atoms with Crippen LogP contribution >= 0.6 is 12.4 Å². The number of halogens is 1. The Morgan fingerprint density at radius 2 is 1.81 bits per heavy atom. The highest BCUT2D eigenvalue weighted by Gasteiger charge is 2.13. The second kappa shape index (κ2) is 9.42. The number of hydrogen-bond acceptors (Lipinski definition) is 3. The van der Waals surface area contributed by atoms with Gasteiger partial charge >= 0.3 is 0 Å². The quantitative estimate of drug-likeness (QED) is 0.623. The van der Waals surface area contributed by atoms with Crippen LogP contribution in [0.15, 0.2) is 0 Å². The van der Waals surface area contributed by atoms with Crippen molar-refractivity contribution in [3.05, 3.63) is 0 Å². The summed E-state index contributed by atoms with van der Waals surface area (Å²) in [5.41, 5.74) is 5.09. The van der Waals surface area contributed by atoms with Crippen LogP contribution in [0.25, 0.3) is 0 Å². The number of rotatable bonds is 6. The topological polar surface area (TPSA) is 84.2 Å². The van der Waals surface area contributed by atoms with Crippen LogP contribution < -0.4 is 16.4 Å². The van der Waals surface area contributed by atoms with Gasteiger partial charge in [0.25, 0.3) is 0 Å². The van der Waals surface area contributed by atoms with Gasteiger partial charge in [-0.2, -0.15) is 0 Å². The van der Waals surface area contributed by atoms with Gasteiger partial charge in [-0.05, 0) is 12.8 Å². The Hall–Kier alpha value is -0.810. The summed E-state index contributed by atoms with van der Waals surface area (Å²) in [6, 6.07) is 0.122. The lowest BCUT2D eigenvalue weighted by molar-refractivity contribution is -0.125. The first-order valence-corrected chi connectivity index (χ1v) is 5.27. The molecule has 0 rings (SSSR count). The minimum atomic E-state index is -0.318. The predicted molar refractivity (Wildman–Crippen MR) is 66.4 cm³/mol. The lowest BCUT2D eigenvalue weighted by Crippen LogP contribution is -2.44. The molecule has 4 N–H and O–H groups in total. The zero-order valence-corrected chi connectivity index (χ0v) is 10.9. The first-order chi connectivity index (χ1) is 7.01. The van der Waals surface area contributed by atoms with Gasteiger partial charge in [-0.3, -0.25) is 9.59 Å². The van der Waals surface area contributed by atoms with Crippen molar-refractivity contribution in [1.82, 2.24) is 10.6 Å². The minimum absolute atomic E-state index is 0. The molecule has 2 atom stereocenters. The Balaban J connectivity index is 0. The van der Waals surface area contributed by atoms with Crippen LogP contribution in [0.5, 0.6) is 0 Å². The highest BCUT2D eigenvalue weighted by atomic mass is 35.5. The van der Waals surface area contributed by atoms with Crippen LogP contribution in [-0.4, -0.2) is 30.9 Å². The molecule has 0 aliphatic carbocycles. The molecule has 0 aliphatic heterocycles. The average Bonchev–Trinajstić information content (AvgIpc) is 2.24. The molecule has 0 aromatic carbocycles. The van der Waals surface area contributed by atoms with Crippen molar-refractivity contribution in [2.24, 2.45) is 11.7 Å². The fraction of sp³-hybridized carbons (Fsp3) is 0.800. The number of amides is 2. The standard InChI is InChI=1S/C10H21N3O2.ClH/c1-4-7(2)8(3)13-10(15)6-12-9(14)5-11;/h7-8H,4-6,11H2,1-3H3,(H,12,14)(H,13,15);1H. The highest BCUT2D eigenvalue weighted by Crippen LogP contribution is 2.05. The molecule has 2 amide bonds. The van der Waals surface area contributed by atoms with E-state index >= 15 is 0 Å². The molecule has 0 heterocycles. The Bertz CT molecular complexity index is 224. The van der Waals surface area contributed by atoms with Crippen molar-refractivity contribution in [1.29, 1.82) is 0 Å². The lowest BCUT2D eigenvalue weighted by Gasteiger charge is -2.19. The summed E-state index contributed by atoms with van der Waals surface area (Å²) in [7, 11) is 0. The van der Waals surface area contributed by atoms with Gasteiger partial charge in [-0.25, -0.2) is 0 Å². The molecule has 0 saturated carbocycles. The highest BCUT2D eigenvalue weighted by molar-refractivity contribution is 5.85. The van der Waals surface area contributed by atoms with E-state index in [1.807, 2.05) is 6.92 Å². The zero-order valence-electron chi connectivity index (χ0n) is 10.1. The summed E-state index contributed by atoms with van der Waals surface area (Å²) >= 11 is 0. The molecule has 0 saturated heterocycles. The van der Waals surface area contributed by atoms with Crippen LogP contribution in [0.4, 0.5) is 0 Å². The molecular weight excluding hydrogens is 230 g/mol. The van der Waals surface area contributed by atoms with Crippen molar-refractivity contribution in [2.75, 3.05) is 13.1 Å². The van der Waals surface area contributed by atoms with E-state index in [1.165, 1.54) is 0 Å². The van der Waals surface area contributed by atoms with Crippen molar-refractivity contribution < 1.29 is 9.59 Å². The maximum atomic E-state index is 11.3. The summed E-state index contributed by atoms with van der Waals surface area (Å²) in [6.07, 6.45) is 1.01. The molecule has 0 aromatic rings. The van der Waals surface area contributed by atoms with E-state index in [2.05, 4.69) is 24.5 Å². The number of carbonyl (C=O) groups is 2. The smallest absolute Gasteiger partial charge is 0.239 e. The van der Waals surface area contributed by atoms with E-state index in [-0.39, 0.29) is 43.4 Å². The molecule has 16 heavy (non-hydrogen) atoms. The number of nitrogens with one attached hydrogen (secondary N) is 2. The molecular formula is C10H22ClN3O2. The van der Waals surface area contributed by atoms with Crippen molar-refractivity contribution in [3.63, 3.8) is 0 Å². The van der Waals surface area contributed by atoms with E-state index in [4.69, 9.17) is 5.73 Å². The molecule has 0 radical (unpaired) electrons. The molecule has 0 bridgehead atoms. The first-order valence-electron chi connectivity index (χ1n) is 5.27. The van der Waals surface area contributed by atoms with Crippen LogP contribution in [0.1, 0.15) is 27.2 Å². The first kappa shape index (κ1) is 17.6. The van der Waals surface area contributed by atoms with E-state index in [9.17, 15) is 9.59 Å². The lowest BCUT2D eigenvalue weighted by atomic mass is 10.0. The molecule has 96 valence electrons. The summed E-state index contributed by atoms with van der Waals surface area (Å²) in [5.74, 6) is -0.0647. The van der Waals surface area contributed by atoms with Crippen molar-refractivity contribution in [2.45, 2.75) is 33.2 Å². The molecule has 0 aromatic heterocycles. The van der Waals surface area contributed by atoms with Crippen LogP contribution in [0.2, 0.25) is 0 Å². The average molecular weight is 252 g/mol. The van der Waals surface area contributed by atoms with Crippen LogP contribution in [0, 0.1) is 5.92 Å². The number of nitrogens with two attached hydrogens (primary N) is 1. The normalized spacial score (nSPS) is 13.2. The number of hydrogen-bond donors (Lipinski definition) is 3. The van der Waals surface area contributed by atoms with E-state index in [0.29, 0.717) is 5.92 Å². The fourth-order valence-electron chi connectivity index (χ4n) is 1.05. The molecule has 6 heteroatoms. The van der Waals surface area contributed by atoms with Gasteiger partial charge in [0.1, 0.15) is 0 Å². The second-order valence-electron chi connectivity index (χ2n) is 3.72. The summed E-state index contributed by atoms with van der Waals surface area (Å²) < 4.78 is 0. The fourth-order valence-corrected chi connectivity index (χ4v) is 1.05. The second-order valence-corrected chi connectivity index (χ2v) is 3.72. The Morgan fingerprint density at radius 3 is 2.25 bits per heavy atom. The summed E-state index contributed by atoms with van der Waals surface area (Å²) in [5, 5.41) is 5.23. The van der Waals surface area contributed by atoms with Crippen LogP contribution in [0.3, 0.4) is 0 Å². The molecule has 0 fully saturated rings. The van der Waals surface area contributed by atoms with Gasteiger partial charge in [0.2, 0.25) is 11.8 Å². The third-order valence-electron chi connectivity index (χ3n) is 2.52. The van der Waals surface area contributed by atoms with Crippen molar-refractivity contribution >= 4 is 24.2 Å². The Labute approximate surface area is 103 Å². The van der Waals surface area contributed by atoms with E-state index in [0.717, 1.165) is 6.42 Å². The van der Waals surface area contributed by atoms with Gasteiger partial charge < -0.3 is 16.4 Å². The third kappa shape index (κ3) is 7.48. The van der Waals surface area contributed by atoms with E-state index < -0.39 is 0 Å². The van der Waals surface area contributed by atoms with Crippen LogP contribution in [-0.2, 0) is 9.59 Å². The summed E-state index contributed by atoms with van der Waals surface area (Å²) in [4.78, 5) is 22.1. The molecule has 0 spiro atoms. The minimum Gasteiger partial charge on any atom is -0.352 e. The third-order valence-corrected chi connectivity index (χ3v) is 2.52. The van der Waals surface area contributed by atoms with Gasteiger partial charge in [0.05, 0.1) is 13.1 Å². The van der Waals surface area contributed by atoms with Crippen molar-refractivity contribution in [3.8, 4) is 0 Å².